The third-order valence-corrected chi connectivity index (χ3v) is 6.05. The standard InChI is InChI=1S/C25H29N5O3S/c1-15(2)13-21(22-26-18-7-4-5-8-19(18)27-22)28-23(31)16-9-10-17-20(14-16)29-25(34)30(24(17)32)11-6-12-33-3/h4-5,7-10,14-15,21H,6,11-13H2,1-3H3,(H,26,27)(H,28,31)(H,29,34). The molecule has 8 nitrogen and oxygen atoms in total. The maximum absolute atomic E-state index is 13.2. The SMILES string of the molecule is COCCCn1c(=S)[nH]c2cc(C(=O)NC(CC(C)C)c3nc4ccccc4[nH]3)ccc2c1=O. The highest BCUT2D eigenvalue weighted by Gasteiger charge is 2.21. The normalized spacial score (nSPS) is 12.5. The first-order chi connectivity index (χ1) is 16.4. The highest BCUT2D eigenvalue weighted by Crippen LogP contribution is 2.23. The van der Waals surface area contributed by atoms with Crippen LogP contribution in [0, 0.1) is 10.7 Å². The lowest BCUT2D eigenvalue weighted by atomic mass is 10.0. The summed E-state index contributed by atoms with van der Waals surface area (Å²) in [4.78, 5) is 37.2. The number of fused-ring (bicyclic) bond motifs is 2. The van der Waals surface area contributed by atoms with Gasteiger partial charge in [0.2, 0.25) is 0 Å². The summed E-state index contributed by atoms with van der Waals surface area (Å²) in [6.45, 7) is 5.22. The molecule has 0 radical (unpaired) electrons. The third-order valence-electron chi connectivity index (χ3n) is 5.72. The summed E-state index contributed by atoms with van der Waals surface area (Å²) < 4.78 is 6.92. The molecule has 0 spiro atoms. The van der Waals surface area contributed by atoms with E-state index in [0.29, 0.717) is 46.7 Å². The number of para-hydroxylation sites is 2. The highest BCUT2D eigenvalue weighted by molar-refractivity contribution is 7.71. The van der Waals surface area contributed by atoms with Crippen LogP contribution in [0.1, 0.15) is 48.9 Å². The molecule has 178 valence electrons. The predicted molar refractivity (Wildman–Crippen MR) is 136 cm³/mol. The molecular weight excluding hydrogens is 450 g/mol. The van der Waals surface area contributed by atoms with Crippen molar-refractivity contribution in [3.05, 3.63) is 69.0 Å². The summed E-state index contributed by atoms with van der Waals surface area (Å²) in [5.41, 5.74) is 2.59. The van der Waals surface area contributed by atoms with Crippen molar-refractivity contribution in [1.82, 2.24) is 24.8 Å². The Hall–Kier alpha value is -3.30. The molecule has 0 saturated carbocycles. The van der Waals surface area contributed by atoms with Crippen LogP contribution in [0.3, 0.4) is 0 Å². The Morgan fingerprint density at radius 2 is 1.97 bits per heavy atom. The molecule has 1 amide bonds. The molecule has 0 bridgehead atoms. The van der Waals surface area contributed by atoms with Crippen molar-refractivity contribution in [1.29, 1.82) is 0 Å². The van der Waals surface area contributed by atoms with E-state index in [9.17, 15) is 9.59 Å². The molecule has 2 heterocycles. The molecule has 4 aromatic rings. The Kier molecular flexibility index (Phi) is 7.23. The van der Waals surface area contributed by atoms with E-state index in [1.165, 1.54) is 4.57 Å². The van der Waals surface area contributed by atoms with Gasteiger partial charge in [-0.05, 0) is 61.3 Å². The first-order valence-corrected chi connectivity index (χ1v) is 11.8. The van der Waals surface area contributed by atoms with Gasteiger partial charge in [0.1, 0.15) is 5.82 Å². The third kappa shape index (κ3) is 5.10. The van der Waals surface area contributed by atoms with Gasteiger partial charge < -0.3 is 20.0 Å². The smallest absolute Gasteiger partial charge is 0.262 e. The first-order valence-electron chi connectivity index (χ1n) is 11.4. The summed E-state index contributed by atoms with van der Waals surface area (Å²) in [6.07, 6.45) is 1.41. The quantitative estimate of drug-likeness (QED) is 0.242. The topological polar surface area (TPSA) is 105 Å². The van der Waals surface area contributed by atoms with Crippen molar-refractivity contribution in [3.8, 4) is 0 Å². The summed E-state index contributed by atoms with van der Waals surface area (Å²) in [5.74, 6) is 0.835. The largest absolute Gasteiger partial charge is 0.385 e. The maximum atomic E-state index is 13.2. The van der Waals surface area contributed by atoms with Gasteiger partial charge in [0.05, 0.1) is 28.0 Å². The molecule has 1 atom stereocenters. The number of methoxy groups -OCH3 is 1. The average Bonchev–Trinajstić information content (AvgIpc) is 3.24. The van der Waals surface area contributed by atoms with Gasteiger partial charge in [-0.15, -0.1) is 0 Å². The summed E-state index contributed by atoms with van der Waals surface area (Å²) in [5, 5.41) is 3.60. The molecule has 9 heteroatoms. The maximum Gasteiger partial charge on any atom is 0.262 e. The second-order valence-electron chi connectivity index (χ2n) is 8.79. The number of aromatic amines is 2. The summed E-state index contributed by atoms with van der Waals surface area (Å²) in [6, 6.07) is 12.5. The van der Waals surface area contributed by atoms with E-state index in [1.807, 2.05) is 24.3 Å². The van der Waals surface area contributed by atoms with E-state index in [0.717, 1.165) is 23.3 Å². The molecule has 2 aromatic carbocycles. The number of nitrogens with zero attached hydrogens (tertiary/aromatic N) is 2. The molecule has 2 aromatic heterocycles. The van der Waals surface area contributed by atoms with Gasteiger partial charge >= 0.3 is 0 Å². The minimum absolute atomic E-state index is 0.179. The number of hydrogen-bond donors (Lipinski definition) is 3. The molecular formula is C25H29N5O3S. The van der Waals surface area contributed by atoms with E-state index in [4.69, 9.17) is 17.0 Å². The fourth-order valence-corrected chi connectivity index (χ4v) is 4.34. The van der Waals surface area contributed by atoms with Crippen LogP contribution < -0.4 is 10.9 Å². The van der Waals surface area contributed by atoms with Crippen LogP contribution in [0.25, 0.3) is 21.9 Å². The molecule has 3 N–H and O–H groups in total. The van der Waals surface area contributed by atoms with Crippen molar-refractivity contribution in [2.24, 2.45) is 5.92 Å². The van der Waals surface area contributed by atoms with Gasteiger partial charge in [-0.25, -0.2) is 4.98 Å². The van der Waals surface area contributed by atoms with E-state index < -0.39 is 0 Å². The van der Waals surface area contributed by atoms with Crippen LogP contribution in [0.4, 0.5) is 0 Å². The molecule has 0 aliphatic carbocycles. The number of carbonyl (C=O) groups excluding carboxylic acids is 1. The van der Waals surface area contributed by atoms with Crippen LogP contribution in [0.5, 0.6) is 0 Å². The van der Waals surface area contributed by atoms with E-state index in [1.54, 1.807) is 25.3 Å². The van der Waals surface area contributed by atoms with Crippen LogP contribution in [-0.2, 0) is 11.3 Å². The predicted octanol–water partition coefficient (Wildman–Crippen LogP) is 4.49. The minimum Gasteiger partial charge on any atom is -0.385 e. The molecule has 34 heavy (non-hydrogen) atoms. The van der Waals surface area contributed by atoms with Crippen molar-refractivity contribution < 1.29 is 9.53 Å². The van der Waals surface area contributed by atoms with Crippen molar-refractivity contribution in [2.75, 3.05) is 13.7 Å². The van der Waals surface area contributed by atoms with Crippen LogP contribution in [0.15, 0.2) is 47.3 Å². The number of hydrogen-bond acceptors (Lipinski definition) is 5. The fourth-order valence-electron chi connectivity index (χ4n) is 4.06. The zero-order valence-electron chi connectivity index (χ0n) is 19.6. The van der Waals surface area contributed by atoms with Gasteiger partial charge in [-0.1, -0.05) is 26.0 Å². The second kappa shape index (κ2) is 10.3. The van der Waals surface area contributed by atoms with E-state index in [2.05, 4.69) is 34.1 Å². The average molecular weight is 480 g/mol. The lowest BCUT2D eigenvalue weighted by molar-refractivity contribution is 0.0930. The van der Waals surface area contributed by atoms with Crippen LogP contribution in [-0.4, -0.2) is 39.1 Å². The monoisotopic (exact) mass is 479 g/mol. The Bertz CT molecular complexity index is 1400. The number of benzene rings is 2. The Morgan fingerprint density at radius 3 is 2.71 bits per heavy atom. The Morgan fingerprint density at radius 1 is 1.18 bits per heavy atom. The molecule has 4 rings (SSSR count). The second-order valence-corrected chi connectivity index (χ2v) is 9.18. The Labute approximate surface area is 202 Å². The van der Waals surface area contributed by atoms with Gasteiger partial charge in [-0.3, -0.25) is 14.2 Å². The number of ether oxygens (including phenoxy) is 1. The summed E-state index contributed by atoms with van der Waals surface area (Å²) in [7, 11) is 1.62. The lowest BCUT2D eigenvalue weighted by Gasteiger charge is -2.19. The molecule has 1 unspecified atom stereocenters. The molecule has 0 aliphatic rings. The summed E-state index contributed by atoms with van der Waals surface area (Å²) >= 11 is 5.39. The molecule has 0 fully saturated rings. The number of aromatic nitrogens is 4. The fraction of sp³-hybridized carbons (Fsp3) is 0.360. The van der Waals surface area contributed by atoms with Gasteiger partial charge in [0.25, 0.3) is 11.5 Å². The number of rotatable bonds is 9. The molecule has 0 aliphatic heterocycles. The van der Waals surface area contributed by atoms with E-state index >= 15 is 0 Å². The molecule has 0 saturated heterocycles. The van der Waals surface area contributed by atoms with Gasteiger partial charge in [-0.2, -0.15) is 0 Å². The van der Waals surface area contributed by atoms with Crippen LogP contribution >= 0.6 is 12.2 Å². The van der Waals surface area contributed by atoms with Gasteiger partial charge in [0, 0.05) is 25.8 Å². The van der Waals surface area contributed by atoms with E-state index in [-0.39, 0.29) is 17.5 Å². The van der Waals surface area contributed by atoms with Crippen molar-refractivity contribution in [3.63, 3.8) is 0 Å². The zero-order chi connectivity index (χ0) is 24.2. The number of carbonyl (C=O) groups is 1. The lowest BCUT2D eigenvalue weighted by Crippen LogP contribution is -2.30. The number of nitrogens with one attached hydrogen (secondary N) is 3. The number of amides is 1. The minimum atomic E-state index is -0.275. The van der Waals surface area contributed by atoms with Crippen molar-refractivity contribution in [2.45, 2.75) is 39.3 Å². The number of H-pyrrole nitrogens is 2. The number of imidazole rings is 1. The highest BCUT2D eigenvalue weighted by atomic mass is 32.1. The van der Waals surface area contributed by atoms with Gasteiger partial charge in [0.15, 0.2) is 4.77 Å². The van der Waals surface area contributed by atoms with Crippen molar-refractivity contribution >= 4 is 40.1 Å². The Balaban J connectivity index is 1.62. The van der Waals surface area contributed by atoms with Crippen LogP contribution in [0.2, 0.25) is 0 Å². The zero-order valence-corrected chi connectivity index (χ0v) is 20.4. The first kappa shape index (κ1) is 23.8.